The maximum atomic E-state index is 11.0. The molecule has 2 heterocycles. The van der Waals surface area contributed by atoms with Gasteiger partial charge in [-0.1, -0.05) is 18.2 Å². The number of carbonyl (C=O) groups is 1. The minimum Gasteiger partial charge on any atom is -0.427 e. The number of nitrogens with zero attached hydrogens (tertiary/aromatic N) is 2. The number of aromatic nitrogens is 2. The lowest BCUT2D eigenvalue weighted by Gasteiger charge is -2.04. The first kappa shape index (κ1) is 11.5. The molecule has 0 atom stereocenters. The number of benzene rings is 1. The minimum absolute atomic E-state index is 0.329. The number of imidazole rings is 1. The molecule has 0 aliphatic rings. The third-order valence-corrected chi connectivity index (χ3v) is 2.79. The van der Waals surface area contributed by atoms with Crippen LogP contribution in [0.5, 0.6) is 5.75 Å². The van der Waals surface area contributed by atoms with Gasteiger partial charge in [0, 0.05) is 18.7 Å². The summed E-state index contributed by atoms with van der Waals surface area (Å²) in [6.07, 6.45) is 3.77. The molecule has 0 radical (unpaired) electrons. The van der Waals surface area contributed by atoms with Crippen LogP contribution in [0.4, 0.5) is 0 Å². The van der Waals surface area contributed by atoms with Crippen molar-refractivity contribution >= 4 is 11.5 Å². The van der Waals surface area contributed by atoms with Gasteiger partial charge in [-0.05, 0) is 24.3 Å². The summed E-state index contributed by atoms with van der Waals surface area (Å²) in [6, 6.07) is 13.3. The lowest BCUT2D eigenvalue weighted by molar-refractivity contribution is -0.131. The summed E-state index contributed by atoms with van der Waals surface area (Å²) in [5.74, 6) is 1.02. The highest BCUT2D eigenvalue weighted by Crippen LogP contribution is 2.23. The van der Waals surface area contributed by atoms with Crippen LogP contribution in [0.25, 0.3) is 16.9 Å². The lowest BCUT2D eigenvalue weighted by Crippen LogP contribution is -2.01. The molecule has 0 fully saturated rings. The zero-order chi connectivity index (χ0) is 13.2. The van der Waals surface area contributed by atoms with Crippen LogP contribution < -0.4 is 4.74 Å². The lowest BCUT2D eigenvalue weighted by atomic mass is 10.2. The van der Waals surface area contributed by atoms with Gasteiger partial charge in [0.1, 0.15) is 11.6 Å². The molecular formula is C15H12N2O2. The second kappa shape index (κ2) is 4.57. The first-order valence-electron chi connectivity index (χ1n) is 5.95. The molecule has 94 valence electrons. The van der Waals surface area contributed by atoms with Crippen LogP contribution in [0, 0.1) is 0 Å². The number of esters is 1. The standard InChI is InChI=1S/C15H12N2O2/c1-11(18)19-14-7-4-5-12(9-14)15-16-10-13-6-2-3-8-17(13)15/h2-10H,1H3. The van der Waals surface area contributed by atoms with E-state index < -0.39 is 0 Å². The molecule has 4 heteroatoms. The molecule has 0 saturated carbocycles. The monoisotopic (exact) mass is 252 g/mol. The summed E-state index contributed by atoms with van der Waals surface area (Å²) >= 11 is 0. The van der Waals surface area contributed by atoms with Crippen LogP contribution in [0.3, 0.4) is 0 Å². The van der Waals surface area contributed by atoms with E-state index in [-0.39, 0.29) is 5.97 Å². The van der Waals surface area contributed by atoms with Crippen molar-refractivity contribution in [2.75, 3.05) is 0 Å². The Labute approximate surface area is 110 Å². The molecule has 19 heavy (non-hydrogen) atoms. The SMILES string of the molecule is CC(=O)Oc1cccc(-c2ncc3ccccn23)c1. The molecule has 0 aliphatic carbocycles. The van der Waals surface area contributed by atoms with Crippen LogP contribution in [-0.2, 0) is 4.79 Å². The van der Waals surface area contributed by atoms with Crippen LogP contribution >= 0.6 is 0 Å². The van der Waals surface area contributed by atoms with Crippen LogP contribution in [-0.4, -0.2) is 15.4 Å². The average Bonchev–Trinajstić information content (AvgIpc) is 2.82. The highest BCUT2D eigenvalue weighted by molar-refractivity contribution is 5.71. The van der Waals surface area contributed by atoms with Gasteiger partial charge < -0.3 is 4.74 Å². The van der Waals surface area contributed by atoms with Gasteiger partial charge in [-0.15, -0.1) is 0 Å². The highest BCUT2D eigenvalue weighted by Gasteiger charge is 2.07. The van der Waals surface area contributed by atoms with Gasteiger partial charge in [0.2, 0.25) is 0 Å². The number of hydrogen-bond donors (Lipinski definition) is 0. The Morgan fingerprint density at radius 2 is 2.11 bits per heavy atom. The fourth-order valence-corrected chi connectivity index (χ4v) is 2.02. The van der Waals surface area contributed by atoms with Gasteiger partial charge >= 0.3 is 5.97 Å². The van der Waals surface area contributed by atoms with Crippen molar-refractivity contribution in [3.8, 4) is 17.1 Å². The Morgan fingerprint density at radius 3 is 2.95 bits per heavy atom. The van der Waals surface area contributed by atoms with E-state index >= 15 is 0 Å². The predicted molar refractivity (Wildman–Crippen MR) is 71.9 cm³/mol. The number of rotatable bonds is 2. The number of hydrogen-bond acceptors (Lipinski definition) is 3. The summed E-state index contributed by atoms with van der Waals surface area (Å²) < 4.78 is 7.08. The van der Waals surface area contributed by atoms with Crippen molar-refractivity contribution in [3.05, 3.63) is 54.9 Å². The molecule has 0 bridgehead atoms. The Bertz CT molecular complexity index is 746. The Hall–Kier alpha value is -2.62. The zero-order valence-corrected chi connectivity index (χ0v) is 10.4. The van der Waals surface area contributed by atoms with Gasteiger partial charge in [-0.25, -0.2) is 4.98 Å². The molecule has 4 nitrogen and oxygen atoms in total. The number of fused-ring (bicyclic) bond motifs is 1. The fraction of sp³-hybridized carbons (Fsp3) is 0.0667. The van der Waals surface area contributed by atoms with Crippen molar-refractivity contribution < 1.29 is 9.53 Å². The van der Waals surface area contributed by atoms with E-state index in [9.17, 15) is 4.79 Å². The largest absolute Gasteiger partial charge is 0.427 e. The zero-order valence-electron chi connectivity index (χ0n) is 10.4. The molecule has 1 aromatic carbocycles. The van der Waals surface area contributed by atoms with Crippen LogP contribution in [0.15, 0.2) is 54.9 Å². The first-order valence-corrected chi connectivity index (χ1v) is 5.95. The topological polar surface area (TPSA) is 43.6 Å². The van der Waals surface area contributed by atoms with E-state index in [1.54, 1.807) is 6.07 Å². The summed E-state index contributed by atoms with van der Waals surface area (Å²) in [4.78, 5) is 15.4. The van der Waals surface area contributed by atoms with E-state index in [0.717, 1.165) is 16.9 Å². The van der Waals surface area contributed by atoms with Crippen molar-refractivity contribution in [2.45, 2.75) is 6.92 Å². The Kier molecular flexibility index (Phi) is 2.76. The minimum atomic E-state index is -0.329. The molecule has 0 aliphatic heterocycles. The maximum Gasteiger partial charge on any atom is 0.308 e. The summed E-state index contributed by atoms with van der Waals surface area (Å²) in [5, 5.41) is 0. The molecule has 3 rings (SSSR count). The molecule has 0 amide bonds. The van der Waals surface area contributed by atoms with E-state index in [4.69, 9.17) is 4.74 Å². The van der Waals surface area contributed by atoms with Crippen LogP contribution in [0.1, 0.15) is 6.92 Å². The van der Waals surface area contributed by atoms with E-state index in [1.807, 2.05) is 53.2 Å². The molecular weight excluding hydrogens is 240 g/mol. The second-order valence-corrected chi connectivity index (χ2v) is 4.20. The predicted octanol–water partition coefficient (Wildman–Crippen LogP) is 2.93. The summed E-state index contributed by atoms with van der Waals surface area (Å²) in [5.41, 5.74) is 1.93. The van der Waals surface area contributed by atoms with E-state index in [2.05, 4.69) is 4.98 Å². The van der Waals surface area contributed by atoms with Crippen molar-refractivity contribution in [1.82, 2.24) is 9.38 Å². The third-order valence-electron chi connectivity index (χ3n) is 2.79. The fourth-order valence-electron chi connectivity index (χ4n) is 2.02. The van der Waals surface area contributed by atoms with Gasteiger partial charge in [0.25, 0.3) is 0 Å². The molecule has 0 unspecified atom stereocenters. The second-order valence-electron chi connectivity index (χ2n) is 4.20. The van der Waals surface area contributed by atoms with E-state index in [0.29, 0.717) is 5.75 Å². The van der Waals surface area contributed by atoms with Crippen molar-refractivity contribution in [3.63, 3.8) is 0 Å². The number of ether oxygens (including phenoxy) is 1. The molecule has 0 saturated heterocycles. The van der Waals surface area contributed by atoms with Gasteiger partial charge in [0.05, 0.1) is 11.7 Å². The van der Waals surface area contributed by atoms with Crippen molar-refractivity contribution in [2.24, 2.45) is 0 Å². The average molecular weight is 252 g/mol. The maximum absolute atomic E-state index is 11.0. The summed E-state index contributed by atoms with van der Waals surface area (Å²) in [6.45, 7) is 1.39. The van der Waals surface area contributed by atoms with Gasteiger partial charge in [0.15, 0.2) is 0 Å². The normalized spacial score (nSPS) is 10.6. The summed E-state index contributed by atoms with van der Waals surface area (Å²) in [7, 11) is 0. The Morgan fingerprint density at radius 1 is 1.21 bits per heavy atom. The van der Waals surface area contributed by atoms with Gasteiger partial charge in [-0.3, -0.25) is 9.20 Å². The molecule has 0 spiro atoms. The molecule has 3 aromatic rings. The molecule has 2 aromatic heterocycles. The smallest absolute Gasteiger partial charge is 0.308 e. The van der Waals surface area contributed by atoms with Crippen molar-refractivity contribution in [1.29, 1.82) is 0 Å². The molecule has 0 N–H and O–H groups in total. The highest BCUT2D eigenvalue weighted by atomic mass is 16.5. The first-order chi connectivity index (χ1) is 9.24. The quantitative estimate of drug-likeness (QED) is 0.520. The number of pyridine rings is 1. The third kappa shape index (κ3) is 2.20. The Balaban J connectivity index is 2.09. The van der Waals surface area contributed by atoms with E-state index in [1.165, 1.54) is 6.92 Å². The number of carbonyl (C=O) groups excluding carboxylic acids is 1. The van der Waals surface area contributed by atoms with Crippen LogP contribution in [0.2, 0.25) is 0 Å². The van der Waals surface area contributed by atoms with Gasteiger partial charge in [-0.2, -0.15) is 0 Å².